The number of carbonyl (C=O) groups is 2. The van der Waals surface area contributed by atoms with Gasteiger partial charge < -0.3 is 5.32 Å². The zero-order valence-corrected chi connectivity index (χ0v) is 15.6. The molecule has 6 heteroatoms. The number of benzene rings is 1. The van der Waals surface area contributed by atoms with Crippen molar-refractivity contribution in [1.82, 2.24) is 5.43 Å². The Bertz CT molecular complexity index is 776. The van der Waals surface area contributed by atoms with Crippen LogP contribution < -0.4 is 10.7 Å². The van der Waals surface area contributed by atoms with Crippen molar-refractivity contribution in [3.63, 3.8) is 0 Å². The van der Waals surface area contributed by atoms with Crippen LogP contribution in [-0.2, 0) is 4.79 Å². The fourth-order valence-electron chi connectivity index (χ4n) is 3.05. The Morgan fingerprint density at radius 1 is 1.08 bits per heavy atom. The van der Waals surface area contributed by atoms with Gasteiger partial charge in [-0.2, -0.15) is 5.10 Å². The van der Waals surface area contributed by atoms with Crippen molar-refractivity contribution < 1.29 is 9.59 Å². The molecule has 1 aromatic heterocycles. The summed E-state index contributed by atoms with van der Waals surface area (Å²) in [4.78, 5) is 24.9. The highest BCUT2D eigenvalue weighted by Crippen LogP contribution is 2.23. The maximum Gasteiger partial charge on any atom is 0.265 e. The summed E-state index contributed by atoms with van der Waals surface area (Å²) in [5.74, 6) is -0.00287. The predicted molar refractivity (Wildman–Crippen MR) is 106 cm³/mol. The zero-order chi connectivity index (χ0) is 18.4. The van der Waals surface area contributed by atoms with E-state index in [0.29, 0.717) is 4.88 Å². The van der Waals surface area contributed by atoms with E-state index in [1.54, 1.807) is 6.07 Å². The molecule has 0 spiro atoms. The minimum absolute atomic E-state index is 0.0175. The van der Waals surface area contributed by atoms with Crippen LogP contribution >= 0.6 is 11.3 Å². The molecule has 0 saturated heterocycles. The summed E-state index contributed by atoms with van der Waals surface area (Å²) in [7, 11) is 0. The van der Waals surface area contributed by atoms with Crippen LogP contribution in [-0.4, -0.2) is 17.5 Å². The van der Waals surface area contributed by atoms with Crippen molar-refractivity contribution in [2.24, 2.45) is 11.0 Å². The molecule has 0 bridgehead atoms. The fraction of sp³-hybridized carbons (Fsp3) is 0.350. The van der Waals surface area contributed by atoms with Crippen LogP contribution in [0.1, 0.15) is 54.3 Å². The first kappa shape index (κ1) is 18.3. The summed E-state index contributed by atoms with van der Waals surface area (Å²) < 4.78 is 0. The van der Waals surface area contributed by atoms with Crippen molar-refractivity contribution >= 4 is 34.6 Å². The molecule has 2 amide bonds. The smallest absolute Gasteiger partial charge is 0.265 e. The average molecular weight is 369 g/mol. The molecule has 0 radical (unpaired) electrons. The molecule has 2 N–H and O–H groups in total. The van der Waals surface area contributed by atoms with Crippen LogP contribution in [0.4, 0.5) is 5.69 Å². The Morgan fingerprint density at radius 2 is 1.81 bits per heavy atom. The summed E-state index contributed by atoms with van der Waals surface area (Å²) in [6.45, 7) is 1.86. The van der Waals surface area contributed by atoms with E-state index in [9.17, 15) is 9.59 Å². The van der Waals surface area contributed by atoms with Crippen LogP contribution in [0.2, 0.25) is 0 Å². The first-order chi connectivity index (χ1) is 12.6. The number of hydrazone groups is 1. The van der Waals surface area contributed by atoms with E-state index < -0.39 is 0 Å². The van der Waals surface area contributed by atoms with Gasteiger partial charge in [-0.3, -0.25) is 9.59 Å². The average Bonchev–Trinajstić information content (AvgIpc) is 3.22. The summed E-state index contributed by atoms with van der Waals surface area (Å²) in [5, 5.41) is 8.97. The molecule has 1 aliphatic carbocycles. The van der Waals surface area contributed by atoms with Crippen LogP contribution in [0.25, 0.3) is 0 Å². The summed E-state index contributed by atoms with van der Waals surface area (Å²) >= 11 is 1.41. The summed E-state index contributed by atoms with van der Waals surface area (Å²) in [5.41, 5.74) is 5.07. The van der Waals surface area contributed by atoms with Crippen molar-refractivity contribution in [2.75, 3.05) is 5.32 Å². The van der Waals surface area contributed by atoms with E-state index >= 15 is 0 Å². The highest BCUT2D eigenvalue weighted by molar-refractivity contribution is 7.12. The van der Waals surface area contributed by atoms with E-state index in [1.807, 2.05) is 42.6 Å². The number of hydrogen-bond donors (Lipinski definition) is 2. The predicted octanol–water partition coefficient (Wildman–Crippen LogP) is 4.42. The van der Waals surface area contributed by atoms with E-state index in [-0.39, 0.29) is 17.7 Å². The van der Waals surface area contributed by atoms with Crippen molar-refractivity contribution in [3.8, 4) is 0 Å². The third-order valence-electron chi connectivity index (χ3n) is 4.62. The van der Waals surface area contributed by atoms with E-state index in [2.05, 4.69) is 15.8 Å². The molecule has 3 rings (SSSR count). The van der Waals surface area contributed by atoms with Crippen LogP contribution in [0.5, 0.6) is 0 Å². The molecule has 0 atom stereocenters. The number of rotatable bonds is 5. The second-order valence-corrected chi connectivity index (χ2v) is 7.46. The topological polar surface area (TPSA) is 70.6 Å². The monoisotopic (exact) mass is 369 g/mol. The Balaban J connectivity index is 1.56. The van der Waals surface area contributed by atoms with Gasteiger partial charge >= 0.3 is 0 Å². The first-order valence-electron chi connectivity index (χ1n) is 8.93. The highest BCUT2D eigenvalue weighted by atomic mass is 32.1. The van der Waals surface area contributed by atoms with Gasteiger partial charge in [0.1, 0.15) is 0 Å². The van der Waals surface area contributed by atoms with Gasteiger partial charge in [0.15, 0.2) is 0 Å². The SMILES string of the molecule is C/C(=N\NC(=O)C1CCCCC1)c1ccc(NC(=O)c2cccs2)cc1. The molecule has 5 nitrogen and oxygen atoms in total. The summed E-state index contributed by atoms with van der Waals surface area (Å²) in [6, 6.07) is 11.1. The number of amides is 2. The lowest BCUT2D eigenvalue weighted by atomic mass is 9.89. The number of thiophene rings is 1. The molecule has 1 aromatic carbocycles. The molecule has 0 aliphatic heterocycles. The highest BCUT2D eigenvalue weighted by Gasteiger charge is 2.20. The molecule has 1 aliphatic rings. The maximum absolute atomic E-state index is 12.2. The van der Waals surface area contributed by atoms with Crippen LogP contribution in [0.15, 0.2) is 46.9 Å². The van der Waals surface area contributed by atoms with E-state index in [4.69, 9.17) is 0 Å². The van der Waals surface area contributed by atoms with Gasteiger partial charge in [0.05, 0.1) is 10.6 Å². The lowest BCUT2D eigenvalue weighted by molar-refractivity contribution is -0.125. The second kappa shape index (κ2) is 8.76. The Hall–Kier alpha value is -2.47. The normalized spacial score (nSPS) is 15.5. The standard InChI is InChI=1S/C20H23N3O2S/c1-14(22-23-19(24)16-6-3-2-4-7-16)15-9-11-17(12-10-15)21-20(25)18-8-5-13-26-18/h5,8-13,16H,2-4,6-7H2,1H3,(H,21,25)(H,23,24)/b22-14+. The first-order valence-corrected chi connectivity index (χ1v) is 9.81. The Morgan fingerprint density at radius 3 is 2.46 bits per heavy atom. The number of anilines is 1. The molecule has 0 unspecified atom stereocenters. The van der Waals surface area contributed by atoms with Gasteiger partial charge in [-0.15, -0.1) is 11.3 Å². The van der Waals surface area contributed by atoms with Crippen molar-refractivity contribution in [1.29, 1.82) is 0 Å². The molecular formula is C20H23N3O2S. The quantitative estimate of drug-likeness (QED) is 0.605. The van der Waals surface area contributed by atoms with E-state index in [1.165, 1.54) is 17.8 Å². The van der Waals surface area contributed by atoms with Crippen LogP contribution in [0, 0.1) is 5.92 Å². The zero-order valence-electron chi connectivity index (χ0n) is 14.8. The van der Waals surface area contributed by atoms with Crippen molar-refractivity contribution in [2.45, 2.75) is 39.0 Å². The molecular weight excluding hydrogens is 346 g/mol. The molecule has 1 heterocycles. The number of carbonyl (C=O) groups excluding carboxylic acids is 2. The number of nitrogens with zero attached hydrogens (tertiary/aromatic N) is 1. The van der Waals surface area contributed by atoms with E-state index in [0.717, 1.165) is 42.6 Å². The second-order valence-electron chi connectivity index (χ2n) is 6.52. The van der Waals surface area contributed by atoms with Gasteiger partial charge in [0.25, 0.3) is 5.91 Å². The Kier molecular flexibility index (Phi) is 6.17. The van der Waals surface area contributed by atoms with Gasteiger partial charge in [0.2, 0.25) is 5.91 Å². The Labute approximate surface area is 157 Å². The molecule has 1 fully saturated rings. The lowest BCUT2D eigenvalue weighted by Gasteiger charge is -2.19. The summed E-state index contributed by atoms with van der Waals surface area (Å²) in [6.07, 6.45) is 5.39. The minimum Gasteiger partial charge on any atom is -0.321 e. The van der Waals surface area contributed by atoms with Gasteiger partial charge in [0, 0.05) is 11.6 Å². The third kappa shape index (κ3) is 4.79. The minimum atomic E-state index is -0.113. The molecule has 1 saturated carbocycles. The largest absolute Gasteiger partial charge is 0.321 e. The van der Waals surface area contributed by atoms with Gasteiger partial charge in [-0.05, 0) is 48.9 Å². The molecule has 136 valence electrons. The third-order valence-corrected chi connectivity index (χ3v) is 5.48. The maximum atomic E-state index is 12.2. The number of hydrogen-bond acceptors (Lipinski definition) is 4. The van der Waals surface area contributed by atoms with Gasteiger partial charge in [-0.25, -0.2) is 5.43 Å². The molecule has 26 heavy (non-hydrogen) atoms. The lowest BCUT2D eigenvalue weighted by Crippen LogP contribution is -2.29. The van der Waals surface area contributed by atoms with Crippen LogP contribution in [0.3, 0.4) is 0 Å². The van der Waals surface area contributed by atoms with Crippen molar-refractivity contribution in [3.05, 3.63) is 52.2 Å². The molecule has 2 aromatic rings. The van der Waals surface area contributed by atoms with Gasteiger partial charge in [-0.1, -0.05) is 37.5 Å². The fourth-order valence-corrected chi connectivity index (χ4v) is 3.67. The number of nitrogens with one attached hydrogen (secondary N) is 2.